The van der Waals surface area contributed by atoms with E-state index in [-0.39, 0.29) is 0 Å². The number of nitrogens with zero attached hydrogens (tertiary/aromatic N) is 3. The molecule has 132 valence electrons. The van der Waals surface area contributed by atoms with Crippen molar-refractivity contribution in [2.75, 3.05) is 17.6 Å². The van der Waals surface area contributed by atoms with Gasteiger partial charge < -0.3 is 10.2 Å². The number of benzene rings is 1. The zero-order valence-electron chi connectivity index (χ0n) is 14.1. The summed E-state index contributed by atoms with van der Waals surface area (Å²) in [6, 6.07) is 13.1. The first-order valence-electron chi connectivity index (χ1n) is 8.61. The number of hydrogen-bond donors (Lipinski definition) is 1. The van der Waals surface area contributed by atoms with E-state index in [4.69, 9.17) is 4.99 Å². The number of hydrogen-bond acceptors (Lipinski definition) is 7. The summed E-state index contributed by atoms with van der Waals surface area (Å²) in [6.45, 7) is 1.76. The van der Waals surface area contributed by atoms with Crippen molar-refractivity contribution < 1.29 is 0 Å². The van der Waals surface area contributed by atoms with Gasteiger partial charge in [0, 0.05) is 35.0 Å². The van der Waals surface area contributed by atoms with Crippen LogP contribution in [-0.4, -0.2) is 33.6 Å². The van der Waals surface area contributed by atoms with Crippen molar-refractivity contribution in [3.63, 3.8) is 0 Å². The van der Waals surface area contributed by atoms with Crippen molar-refractivity contribution in [2.24, 2.45) is 9.98 Å². The molecule has 4 heterocycles. The molecule has 0 amide bonds. The molecule has 0 saturated carbocycles. The third-order valence-corrected chi connectivity index (χ3v) is 7.36. The van der Waals surface area contributed by atoms with E-state index in [2.05, 4.69) is 62.4 Å². The van der Waals surface area contributed by atoms with Crippen LogP contribution in [0.2, 0.25) is 0 Å². The first-order valence-corrected chi connectivity index (χ1v) is 11.4. The fraction of sp³-hybridized carbons (Fsp3) is 0.263. The Hall–Kier alpha value is -1.70. The third kappa shape index (κ3) is 3.31. The van der Waals surface area contributed by atoms with E-state index in [1.165, 1.54) is 21.8 Å². The summed E-state index contributed by atoms with van der Waals surface area (Å²) in [5, 5.41) is 10.0. The number of aliphatic imine (C=N–C) groups is 2. The summed E-state index contributed by atoms with van der Waals surface area (Å²) < 4.78 is 0. The number of nitrogens with one attached hydrogen (secondary N) is 1. The Bertz CT molecular complexity index is 901. The molecular weight excluding hydrogens is 380 g/mol. The summed E-state index contributed by atoms with van der Waals surface area (Å²) in [7, 11) is 0. The summed E-state index contributed by atoms with van der Waals surface area (Å²) in [5.74, 6) is 0.922. The molecule has 0 radical (unpaired) electrons. The Morgan fingerprint density at radius 3 is 3.12 bits per heavy atom. The van der Waals surface area contributed by atoms with Gasteiger partial charge in [-0.3, -0.25) is 9.98 Å². The molecule has 1 aromatic carbocycles. The van der Waals surface area contributed by atoms with Crippen molar-refractivity contribution in [1.82, 2.24) is 4.90 Å². The van der Waals surface area contributed by atoms with Crippen LogP contribution < -0.4 is 5.32 Å². The van der Waals surface area contributed by atoms with E-state index in [1.807, 2.05) is 11.3 Å². The van der Waals surface area contributed by atoms with E-state index >= 15 is 0 Å². The minimum Gasteiger partial charge on any atom is -0.335 e. The van der Waals surface area contributed by atoms with Crippen LogP contribution in [0.5, 0.6) is 0 Å². The monoisotopic (exact) mass is 398 g/mol. The zero-order valence-corrected chi connectivity index (χ0v) is 16.5. The molecule has 1 atom stereocenters. The van der Waals surface area contributed by atoms with Gasteiger partial charge in [0.05, 0.1) is 12.6 Å². The number of amidine groups is 2. The van der Waals surface area contributed by atoms with E-state index < -0.39 is 0 Å². The number of thioether (sulfide) groups is 2. The van der Waals surface area contributed by atoms with Crippen molar-refractivity contribution in [1.29, 1.82) is 0 Å². The first-order chi connectivity index (χ1) is 12.8. The van der Waals surface area contributed by atoms with Crippen molar-refractivity contribution in [2.45, 2.75) is 19.0 Å². The molecule has 7 heteroatoms. The largest absolute Gasteiger partial charge is 0.335 e. The Morgan fingerprint density at radius 1 is 1.23 bits per heavy atom. The smallest absolute Gasteiger partial charge is 0.168 e. The highest BCUT2D eigenvalue weighted by atomic mass is 32.2. The average molecular weight is 399 g/mol. The standard InChI is InChI=1S/C19H18N4S3/c1-2-6-17-13(4-1)9-20-18(22-17)25-11-15-12-26-19-21-14(10-23(15)19)8-16-5-3-7-24-16/h1-7,12,14H,8-11H2,(H,20,22). The maximum Gasteiger partial charge on any atom is 0.168 e. The summed E-state index contributed by atoms with van der Waals surface area (Å²) >= 11 is 5.36. The van der Waals surface area contributed by atoms with Crippen molar-refractivity contribution in [3.8, 4) is 0 Å². The molecule has 1 N–H and O–H groups in total. The maximum absolute atomic E-state index is 4.90. The van der Waals surface area contributed by atoms with E-state index in [0.717, 1.165) is 35.6 Å². The molecule has 0 spiro atoms. The minimum atomic E-state index is 0.377. The van der Waals surface area contributed by atoms with Crippen LogP contribution in [-0.2, 0) is 13.0 Å². The Morgan fingerprint density at radius 2 is 2.19 bits per heavy atom. The highest BCUT2D eigenvalue weighted by molar-refractivity contribution is 8.17. The molecule has 4 nitrogen and oxygen atoms in total. The van der Waals surface area contributed by atoms with Crippen molar-refractivity contribution >= 4 is 50.9 Å². The second-order valence-corrected chi connectivity index (χ2v) is 9.21. The van der Waals surface area contributed by atoms with Crippen LogP contribution in [0.1, 0.15) is 10.4 Å². The normalized spacial score (nSPS) is 20.8. The third-order valence-electron chi connectivity index (χ3n) is 4.59. The Kier molecular flexibility index (Phi) is 4.52. The van der Waals surface area contributed by atoms with Crippen LogP contribution in [0, 0.1) is 0 Å². The van der Waals surface area contributed by atoms with E-state index in [0.29, 0.717) is 6.04 Å². The topological polar surface area (TPSA) is 40.0 Å². The maximum atomic E-state index is 4.90. The molecular formula is C19H18N4S3. The van der Waals surface area contributed by atoms with Gasteiger partial charge in [0.15, 0.2) is 10.3 Å². The van der Waals surface area contributed by atoms with Gasteiger partial charge in [-0.1, -0.05) is 47.8 Å². The summed E-state index contributed by atoms with van der Waals surface area (Å²) in [4.78, 5) is 13.4. The number of rotatable bonds is 4. The lowest BCUT2D eigenvalue weighted by molar-refractivity contribution is 0.514. The van der Waals surface area contributed by atoms with E-state index in [1.54, 1.807) is 23.5 Å². The van der Waals surface area contributed by atoms with Gasteiger partial charge in [-0.25, -0.2) is 0 Å². The lowest BCUT2D eigenvalue weighted by atomic mass is 10.1. The molecule has 2 aromatic rings. The molecule has 0 bridgehead atoms. The quantitative estimate of drug-likeness (QED) is 0.815. The predicted molar refractivity (Wildman–Crippen MR) is 115 cm³/mol. The minimum absolute atomic E-state index is 0.377. The van der Waals surface area contributed by atoms with Gasteiger partial charge in [-0.15, -0.1) is 11.3 Å². The molecule has 1 aromatic heterocycles. The summed E-state index contributed by atoms with van der Waals surface area (Å²) in [5.41, 5.74) is 3.79. The highest BCUT2D eigenvalue weighted by Gasteiger charge is 2.32. The Balaban J connectivity index is 1.18. The van der Waals surface area contributed by atoms with Gasteiger partial charge in [-0.2, -0.15) is 0 Å². The lowest BCUT2D eigenvalue weighted by Gasteiger charge is -2.20. The molecule has 5 rings (SSSR count). The molecule has 26 heavy (non-hydrogen) atoms. The van der Waals surface area contributed by atoms with Crippen LogP contribution in [0.15, 0.2) is 62.9 Å². The second-order valence-electron chi connectivity index (χ2n) is 6.38. The fourth-order valence-corrected chi connectivity index (χ4v) is 6.00. The highest BCUT2D eigenvalue weighted by Crippen LogP contribution is 2.34. The second kappa shape index (κ2) is 7.13. The fourth-order valence-electron chi connectivity index (χ4n) is 3.27. The lowest BCUT2D eigenvalue weighted by Crippen LogP contribution is -2.26. The zero-order chi connectivity index (χ0) is 17.3. The molecule has 3 aliphatic rings. The molecule has 3 aliphatic heterocycles. The Labute approximate surface area is 165 Å². The molecule has 0 aliphatic carbocycles. The van der Waals surface area contributed by atoms with Crippen LogP contribution in [0.25, 0.3) is 0 Å². The number of para-hydroxylation sites is 1. The number of thiophene rings is 1. The van der Waals surface area contributed by atoms with Gasteiger partial charge in [0.1, 0.15) is 0 Å². The van der Waals surface area contributed by atoms with Crippen LogP contribution in [0.3, 0.4) is 0 Å². The summed E-state index contributed by atoms with van der Waals surface area (Å²) in [6.07, 6.45) is 1.05. The van der Waals surface area contributed by atoms with Crippen LogP contribution in [0.4, 0.5) is 5.69 Å². The van der Waals surface area contributed by atoms with Gasteiger partial charge in [0.2, 0.25) is 0 Å². The van der Waals surface area contributed by atoms with Gasteiger partial charge >= 0.3 is 0 Å². The predicted octanol–water partition coefficient (Wildman–Crippen LogP) is 4.63. The average Bonchev–Trinajstić information content (AvgIpc) is 3.38. The number of fused-ring (bicyclic) bond motifs is 2. The SMILES string of the molecule is C1=C(CSC2=NCc3ccccc3N2)N2CC(Cc3cccs3)N=C2S1. The molecule has 1 unspecified atom stereocenters. The number of anilines is 1. The molecule has 0 saturated heterocycles. The van der Waals surface area contributed by atoms with E-state index in [9.17, 15) is 0 Å². The first kappa shape index (κ1) is 16.5. The van der Waals surface area contributed by atoms with Crippen LogP contribution >= 0.6 is 34.9 Å². The van der Waals surface area contributed by atoms with Gasteiger partial charge in [0.25, 0.3) is 0 Å². The molecule has 0 fully saturated rings. The van der Waals surface area contributed by atoms with Crippen molar-refractivity contribution in [3.05, 3.63) is 63.3 Å². The van der Waals surface area contributed by atoms with Gasteiger partial charge in [-0.05, 0) is 28.5 Å².